The highest BCUT2D eigenvalue weighted by Gasteiger charge is 2.23. The van der Waals surface area contributed by atoms with Crippen molar-refractivity contribution in [2.24, 2.45) is 0 Å². The number of nitrogens with zero attached hydrogens (tertiary/aromatic N) is 3. The average Bonchev–Trinajstić information content (AvgIpc) is 2.70. The summed E-state index contributed by atoms with van der Waals surface area (Å²) in [4.78, 5) is 23.0. The van der Waals surface area contributed by atoms with Gasteiger partial charge in [0.2, 0.25) is 0 Å². The second-order valence-electron chi connectivity index (χ2n) is 6.26. The zero-order valence-corrected chi connectivity index (χ0v) is 14.3. The summed E-state index contributed by atoms with van der Waals surface area (Å²) in [5, 5.41) is 2.48. The lowest BCUT2D eigenvalue weighted by Crippen LogP contribution is -2.39. The number of fused-ring (bicyclic) bond motifs is 1. The monoisotopic (exact) mass is 366 g/mol. The van der Waals surface area contributed by atoms with Gasteiger partial charge in [-0.05, 0) is 12.1 Å². The van der Waals surface area contributed by atoms with Crippen molar-refractivity contribution in [3.05, 3.63) is 77.6 Å². The van der Waals surface area contributed by atoms with Gasteiger partial charge in [0.15, 0.2) is 5.82 Å². The van der Waals surface area contributed by atoms with Crippen molar-refractivity contribution in [3.8, 4) is 11.4 Å². The SMILES string of the molecule is O=C(Nc1ccc(F)cc1F)N1CCc2nc(-c3ccccc3)ncc2C1. The molecule has 2 aromatic carbocycles. The van der Waals surface area contributed by atoms with Gasteiger partial charge in [-0.25, -0.2) is 23.5 Å². The molecule has 7 heteroatoms. The van der Waals surface area contributed by atoms with Crippen molar-refractivity contribution in [1.29, 1.82) is 0 Å². The van der Waals surface area contributed by atoms with Crippen molar-refractivity contribution in [2.45, 2.75) is 13.0 Å². The number of amides is 2. The van der Waals surface area contributed by atoms with Gasteiger partial charge in [0.25, 0.3) is 0 Å². The molecule has 0 aliphatic carbocycles. The molecule has 0 atom stereocenters. The number of benzene rings is 2. The fraction of sp³-hybridized carbons (Fsp3) is 0.150. The van der Waals surface area contributed by atoms with Gasteiger partial charge in [0, 0.05) is 36.4 Å². The van der Waals surface area contributed by atoms with E-state index in [0.29, 0.717) is 25.3 Å². The minimum absolute atomic E-state index is 0.0529. The summed E-state index contributed by atoms with van der Waals surface area (Å²) in [5.74, 6) is -0.846. The number of nitrogens with one attached hydrogen (secondary N) is 1. The lowest BCUT2D eigenvalue weighted by molar-refractivity contribution is 0.205. The van der Waals surface area contributed by atoms with E-state index in [0.717, 1.165) is 29.0 Å². The molecule has 0 unspecified atom stereocenters. The number of urea groups is 1. The van der Waals surface area contributed by atoms with Crippen LogP contribution in [0.4, 0.5) is 19.3 Å². The Bertz CT molecular complexity index is 995. The van der Waals surface area contributed by atoms with Crippen LogP contribution in [0.5, 0.6) is 0 Å². The minimum atomic E-state index is -0.809. The second kappa shape index (κ2) is 7.11. The number of hydrogen-bond donors (Lipinski definition) is 1. The van der Waals surface area contributed by atoms with Crippen LogP contribution in [0.2, 0.25) is 0 Å². The summed E-state index contributed by atoms with van der Waals surface area (Å²) >= 11 is 0. The van der Waals surface area contributed by atoms with Gasteiger partial charge in [-0.2, -0.15) is 0 Å². The average molecular weight is 366 g/mol. The first kappa shape index (κ1) is 17.1. The van der Waals surface area contributed by atoms with Crippen LogP contribution >= 0.6 is 0 Å². The molecule has 1 aromatic heterocycles. The van der Waals surface area contributed by atoms with E-state index in [1.165, 1.54) is 6.07 Å². The minimum Gasteiger partial charge on any atom is -0.320 e. The second-order valence-corrected chi connectivity index (χ2v) is 6.26. The van der Waals surface area contributed by atoms with Crippen molar-refractivity contribution < 1.29 is 13.6 Å². The number of anilines is 1. The molecular formula is C20H16F2N4O. The molecule has 0 bridgehead atoms. The molecule has 0 fully saturated rings. The first-order valence-electron chi connectivity index (χ1n) is 8.51. The topological polar surface area (TPSA) is 58.1 Å². The smallest absolute Gasteiger partial charge is 0.320 e. The molecule has 1 aliphatic rings. The number of carbonyl (C=O) groups is 1. The number of halogens is 2. The van der Waals surface area contributed by atoms with Crippen LogP contribution in [0.1, 0.15) is 11.3 Å². The Labute approximate surface area is 154 Å². The van der Waals surface area contributed by atoms with Gasteiger partial charge in [-0.3, -0.25) is 0 Å². The summed E-state index contributed by atoms with van der Waals surface area (Å²) in [6, 6.07) is 12.3. The molecule has 0 saturated heterocycles. The third-order valence-electron chi connectivity index (χ3n) is 4.43. The van der Waals surface area contributed by atoms with Crippen molar-refractivity contribution in [2.75, 3.05) is 11.9 Å². The van der Waals surface area contributed by atoms with Crippen LogP contribution in [0.25, 0.3) is 11.4 Å². The van der Waals surface area contributed by atoms with Crippen LogP contribution in [0.3, 0.4) is 0 Å². The Hall–Kier alpha value is -3.35. The van der Waals surface area contributed by atoms with E-state index < -0.39 is 17.7 Å². The standard InChI is InChI=1S/C20H16F2N4O/c21-15-6-7-18(16(22)10-15)25-20(27)26-9-8-17-14(12-26)11-23-19(24-17)13-4-2-1-3-5-13/h1-7,10-11H,8-9,12H2,(H,25,27). The van der Waals surface area contributed by atoms with Crippen LogP contribution in [0, 0.1) is 11.6 Å². The summed E-state index contributed by atoms with van der Waals surface area (Å²) in [6.07, 6.45) is 2.31. The van der Waals surface area contributed by atoms with Crippen LogP contribution in [0.15, 0.2) is 54.7 Å². The molecule has 2 heterocycles. The van der Waals surface area contributed by atoms with Crippen LogP contribution in [-0.4, -0.2) is 27.4 Å². The quantitative estimate of drug-likeness (QED) is 0.745. The maximum absolute atomic E-state index is 13.7. The summed E-state index contributed by atoms with van der Waals surface area (Å²) in [5.41, 5.74) is 2.65. The van der Waals surface area contributed by atoms with Crippen LogP contribution in [-0.2, 0) is 13.0 Å². The molecule has 27 heavy (non-hydrogen) atoms. The van der Waals surface area contributed by atoms with Gasteiger partial charge in [0.1, 0.15) is 11.6 Å². The zero-order valence-electron chi connectivity index (χ0n) is 14.3. The summed E-state index contributed by atoms with van der Waals surface area (Å²) in [6.45, 7) is 0.784. The van der Waals surface area contributed by atoms with Crippen molar-refractivity contribution in [3.63, 3.8) is 0 Å². The Balaban J connectivity index is 1.49. The van der Waals surface area contributed by atoms with Gasteiger partial charge < -0.3 is 10.2 Å². The highest BCUT2D eigenvalue weighted by Crippen LogP contribution is 2.22. The number of carbonyl (C=O) groups excluding carboxylic acids is 1. The number of rotatable bonds is 2. The van der Waals surface area contributed by atoms with E-state index in [1.807, 2.05) is 30.3 Å². The highest BCUT2D eigenvalue weighted by atomic mass is 19.1. The molecule has 136 valence electrons. The van der Waals surface area contributed by atoms with E-state index in [4.69, 9.17) is 0 Å². The molecule has 0 spiro atoms. The van der Waals surface area contributed by atoms with E-state index >= 15 is 0 Å². The van der Waals surface area contributed by atoms with Crippen molar-refractivity contribution >= 4 is 11.7 Å². The first-order chi connectivity index (χ1) is 13.1. The normalized spacial score (nSPS) is 13.2. The molecular weight excluding hydrogens is 350 g/mol. The Morgan fingerprint density at radius 1 is 1.11 bits per heavy atom. The maximum atomic E-state index is 13.7. The summed E-state index contributed by atoms with van der Waals surface area (Å²) < 4.78 is 26.7. The molecule has 1 N–H and O–H groups in total. The predicted octanol–water partition coefficient (Wildman–Crippen LogP) is 4.01. The molecule has 2 amide bonds. The largest absolute Gasteiger partial charge is 0.322 e. The highest BCUT2D eigenvalue weighted by molar-refractivity contribution is 5.89. The molecule has 3 aromatic rings. The zero-order chi connectivity index (χ0) is 18.8. The van der Waals surface area contributed by atoms with Gasteiger partial charge in [0.05, 0.1) is 17.9 Å². The third kappa shape index (κ3) is 3.62. The molecule has 0 radical (unpaired) electrons. The molecule has 1 aliphatic heterocycles. The van der Waals surface area contributed by atoms with Gasteiger partial charge in [-0.15, -0.1) is 0 Å². The third-order valence-corrected chi connectivity index (χ3v) is 4.43. The lowest BCUT2D eigenvalue weighted by Gasteiger charge is -2.28. The summed E-state index contributed by atoms with van der Waals surface area (Å²) in [7, 11) is 0. The van der Waals surface area contributed by atoms with Crippen molar-refractivity contribution in [1.82, 2.24) is 14.9 Å². The number of aromatic nitrogens is 2. The molecule has 0 saturated carbocycles. The molecule has 4 rings (SSSR count). The van der Waals surface area contributed by atoms with Gasteiger partial charge in [-0.1, -0.05) is 30.3 Å². The Morgan fingerprint density at radius 2 is 1.93 bits per heavy atom. The predicted molar refractivity (Wildman–Crippen MR) is 97.0 cm³/mol. The first-order valence-corrected chi connectivity index (χ1v) is 8.51. The lowest BCUT2D eigenvalue weighted by atomic mass is 10.1. The fourth-order valence-electron chi connectivity index (χ4n) is 3.00. The van der Waals surface area contributed by atoms with E-state index in [2.05, 4.69) is 15.3 Å². The Morgan fingerprint density at radius 3 is 2.70 bits per heavy atom. The number of hydrogen-bond acceptors (Lipinski definition) is 3. The van der Waals surface area contributed by atoms with E-state index in [-0.39, 0.29) is 5.69 Å². The maximum Gasteiger partial charge on any atom is 0.322 e. The van der Waals surface area contributed by atoms with Crippen LogP contribution < -0.4 is 5.32 Å². The van der Waals surface area contributed by atoms with E-state index in [9.17, 15) is 13.6 Å². The van der Waals surface area contributed by atoms with Gasteiger partial charge >= 0.3 is 6.03 Å². The van der Waals surface area contributed by atoms with E-state index in [1.54, 1.807) is 11.1 Å². The molecule has 5 nitrogen and oxygen atoms in total. The Kier molecular flexibility index (Phi) is 4.50. The fourth-order valence-corrected chi connectivity index (χ4v) is 3.00.